The lowest BCUT2D eigenvalue weighted by molar-refractivity contribution is -0.112. The van der Waals surface area contributed by atoms with E-state index in [1.54, 1.807) is 49.7 Å². The van der Waals surface area contributed by atoms with E-state index in [0.29, 0.717) is 22.7 Å². The lowest BCUT2D eigenvalue weighted by Crippen LogP contribution is -2.17. The van der Waals surface area contributed by atoms with E-state index in [4.69, 9.17) is 4.74 Å². The Morgan fingerprint density at radius 2 is 1.91 bits per heavy atom. The summed E-state index contributed by atoms with van der Waals surface area (Å²) in [5.41, 5.74) is 2.12. The number of thiophene rings is 1. The van der Waals surface area contributed by atoms with E-state index in [1.165, 1.54) is 23.5 Å². The van der Waals surface area contributed by atoms with Gasteiger partial charge in [0.2, 0.25) is 0 Å². The molecular weight excluding hydrogens is 465 g/mol. The molecular formula is C27H22FN3O3S. The molecule has 0 bridgehead atoms. The molecule has 2 aromatic carbocycles. The lowest BCUT2D eigenvalue weighted by Gasteiger charge is -2.09. The van der Waals surface area contributed by atoms with Gasteiger partial charge in [0.05, 0.1) is 18.2 Å². The van der Waals surface area contributed by atoms with Gasteiger partial charge in [0.1, 0.15) is 22.5 Å². The first-order valence-electron chi connectivity index (χ1n) is 10.9. The first-order valence-corrected chi connectivity index (χ1v) is 11.8. The summed E-state index contributed by atoms with van der Waals surface area (Å²) >= 11 is 1.17. The van der Waals surface area contributed by atoms with Crippen molar-refractivity contribution in [2.24, 2.45) is 0 Å². The zero-order chi connectivity index (χ0) is 24.9. The molecule has 0 atom stereocenters. The normalized spacial score (nSPS) is 11.5. The zero-order valence-electron chi connectivity index (χ0n) is 19.1. The van der Waals surface area contributed by atoms with Crippen LogP contribution in [0.1, 0.15) is 35.3 Å². The Kier molecular flexibility index (Phi) is 7.09. The number of nitriles is 1. The third kappa shape index (κ3) is 5.31. The monoisotopic (exact) mass is 487 g/mol. The Morgan fingerprint density at radius 3 is 2.66 bits per heavy atom. The van der Waals surface area contributed by atoms with E-state index in [2.05, 4.69) is 5.32 Å². The number of rotatable bonds is 7. The van der Waals surface area contributed by atoms with Crippen LogP contribution in [0.25, 0.3) is 17.0 Å². The number of carbonyl (C=O) groups excluding carboxylic acids is 2. The number of anilines is 1. The van der Waals surface area contributed by atoms with Crippen molar-refractivity contribution < 1.29 is 18.7 Å². The van der Waals surface area contributed by atoms with Crippen LogP contribution in [0.2, 0.25) is 0 Å². The third-order valence-electron chi connectivity index (χ3n) is 5.24. The Morgan fingerprint density at radius 1 is 1.17 bits per heavy atom. The van der Waals surface area contributed by atoms with Crippen LogP contribution in [0.5, 0.6) is 0 Å². The summed E-state index contributed by atoms with van der Waals surface area (Å²) in [6.45, 7) is 3.77. The summed E-state index contributed by atoms with van der Waals surface area (Å²) < 4.78 is 21.3. The Balaban J connectivity index is 1.64. The zero-order valence-corrected chi connectivity index (χ0v) is 19.9. The molecule has 0 aliphatic rings. The van der Waals surface area contributed by atoms with E-state index in [9.17, 15) is 19.2 Å². The number of ether oxygens (including phenoxy) is 1. The molecule has 8 heteroatoms. The van der Waals surface area contributed by atoms with Gasteiger partial charge in [-0.2, -0.15) is 5.26 Å². The number of nitrogens with one attached hydrogen (secondary N) is 1. The Bertz CT molecular complexity index is 1480. The van der Waals surface area contributed by atoms with Crippen molar-refractivity contribution in [3.8, 4) is 6.07 Å². The first kappa shape index (κ1) is 23.9. The minimum absolute atomic E-state index is 0.129. The van der Waals surface area contributed by atoms with Gasteiger partial charge in [0.15, 0.2) is 0 Å². The molecule has 1 amide bonds. The molecule has 0 spiro atoms. The van der Waals surface area contributed by atoms with Crippen molar-refractivity contribution in [2.75, 3.05) is 5.32 Å². The second-order valence-electron chi connectivity index (χ2n) is 8.06. The molecule has 0 saturated heterocycles. The van der Waals surface area contributed by atoms with Crippen LogP contribution < -0.4 is 5.32 Å². The minimum Gasteiger partial charge on any atom is -0.459 e. The van der Waals surface area contributed by atoms with Crippen LogP contribution in [0.15, 0.2) is 71.7 Å². The molecule has 0 aliphatic carbocycles. The van der Waals surface area contributed by atoms with Gasteiger partial charge in [-0.1, -0.05) is 36.4 Å². The number of nitrogens with zero attached hydrogens (tertiary/aromatic N) is 2. The van der Waals surface area contributed by atoms with Crippen molar-refractivity contribution in [1.29, 1.82) is 5.26 Å². The lowest BCUT2D eigenvalue weighted by atomic mass is 10.1. The van der Waals surface area contributed by atoms with Gasteiger partial charge in [-0.05, 0) is 43.5 Å². The number of hydrogen-bond acceptors (Lipinski definition) is 5. The van der Waals surface area contributed by atoms with E-state index in [1.807, 2.05) is 34.9 Å². The minimum atomic E-state index is -0.639. The smallest absolute Gasteiger partial charge is 0.341 e. The molecule has 0 unspecified atom stereocenters. The number of fused-ring (bicyclic) bond motifs is 1. The fourth-order valence-corrected chi connectivity index (χ4v) is 4.42. The number of para-hydroxylation sites is 1. The highest BCUT2D eigenvalue weighted by Crippen LogP contribution is 2.27. The standard InChI is InChI=1S/C27H22FN3O3S/c1-17(2)34-27(33)22-11-12-35-26(22)30-25(32)19(14-29)13-20-16-31(24-10-6-4-8-21(20)24)15-18-7-3-5-9-23(18)28/h3-13,16-17H,15H2,1-2H3,(H,30,32)/b19-13+. The van der Waals surface area contributed by atoms with Crippen LogP contribution in [0.3, 0.4) is 0 Å². The molecule has 0 saturated carbocycles. The van der Waals surface area contributed by atoms with Crippen molar-refractivity contribution in [2.45, 2.75) is 26.5 Å². The quantitative estimate of drug-likeness (QED) is 0.197. The number of benzene rings is 2. The van der Waals surface area contributed by atoms with Crippen molar-refractivity contribution >= 4 is 45.2 Å². The maximum absolute atomic E-state index is 14.2. The summed E-state index contributed by atoms with van der Waals surface area (Å²) in [4.78, 5) is 25.2. The second kappa shape index (κ2) is 10.4. The molecule has 2 heterocycles. The van der Waals surface area contributed by atoms with Crippen LogP contribution in [0, 0.1) is 17.1 Å². The molecule has 176 valence electrons. The van der Waals surface area contributed by atoms with Crippen LogP contribution >= 0.6 is 11.3 Å². The molecule has 4 aromatic rings. The van der Waals surface area contributed by atoms with E-state index >= 15 is 0 Å². The molecule has 6 nitrogen and oxygen atoms in total. The maximum Gasteiger partial charge on any atom is 0.341 e. The average Bonchev–Trinajstić information content (AvgIpc) is 3.43. The maximum atomic E-state index is 14.2. The van der Waals surface area contributed by atoms with Gasteiger partial charge in [-0.15, -0.1) is 11.3 Å². The van der Waals surface area contributed by atoms with Crippen molar-refractivity contribution in [1.82, 2.24) is 4.57 Å². The van der Waals surface area contributed by atoms with Crippen LogP contribution in [-0.2, 0) is 16.1 Å². The van der Waals surface area contributed by atoms with Gasteiger partial charge in [0, 0.05) is 28.2 Å². The van der Waals surface area contributed by atoms with Crippen LogP contribution in [-0.4, -0.2) is 22.5 Å². The predicted octanol–water partition coefficient (Wildman–Crippen LogP) is 6.00. The number of aromatic nitrogens is 1. The van der Waals surface area contributed by atoms with Gasteiger partial charge in [-0.3, -0.25) is 4.79 Å². The topological polar surface area (TPSA) is 84.1 Å². The fourth-order valence-electron chi connectivity index (χ4n) is 3.65. The summed E-state index contributed by atoms with van der Waals surface area (Å²) in [6.07, 6.45) is 2.98. The predicted molar refractivity (Wildman–Crippen MR) is 135 cm³/mol. The third-order valence-corrected chi connectivity index (χ3v) is 6.07. The van der Waals surface area contributed by atoms with Crippen molar-refractivity contribution in [3.05, 3.63) is 94.3 Å². The van der Waals surface area contributed by atoms with Gasteiger partial charge in [0.25, 0.3) is 5.91 Å². The molecule has 2 aromatic heterocycles. The molecule has 0 radical (unpaired) electrons. The number of hydrogen-bond donors (Lipinski definition) is 1. The summed E-state index contributed by atoms with van der Waals surface area (Å²) in [5, 5.41) is 15.2. The molecule has 1 N–H and O–H groups in total. The first-order chi connectivity index (χ1) is 16.9. The summed E-state index contributed by atoms with van der Waals surface area (Å²) in [5.74, 6) is -1.49. The Hall–Kier alpha value is -4.22. The van der Waals surface area contributed by atoms with E-state index in [0.717, 1.165) is 10.9 Å². The fraction of sp³-hybridized carbons (Fsp3) is 0.148. The number of esters is 1. The molecule has 0 aliphatic heterocycles. The molecule has 35 heavy (non-hydrogen) atoms. The second-order valence-corrected chi connectivity index (χ2v) is 8.98. The average molecular weight is 488 g/mol. The SMILES string of the molecule is CC(C)OC(=O)c1ccsc1NC(=O)/C(C#N)=C/c1cn(Cc2ccccc2F)c2ccccc12. The van der Waals surface area contributed by atoms with E-state index < -0.39 is 11.9 Å². The summed E-state index contributed by atoms with van der Waals surface area (Å²) in [6, 6.07) is 17.6. The number of halogens is 1. The molecule has 4 rings (SSSR count). The summed E-state index contributed by atoms with van der Waals surface area (Å²) in [7, 11) is 0. The van der Waals surface area contributed by atoms with Gasteiger partial charge in [-0.25, -0.2) is 9.18 Å². The molecule has 0 fully saturated rings. The highest BCUT2D eigenvalue weighted by molar-refractivity contribution is 7.14. The highest BCUT2D eigenvalue weighted by atomic mass is 32.1. The van der Waals surface area contributed by atoms with Crippen LogP contribution in [0.4, 0.5) is 9.39 Å². The number of carbonyl (C=O) groups is 2. The van der Waals surface area contributed by atoms with Crippen molar-refractivity contribution in [3.63, 3.8) is 0 Å². The Labute approximate surface area is 205 Å². The largest absolute Gasteiger partial charge is 0.459 e. The number of amides is 1. The van der Waals surface area contributed by atoms with E-state index in [-0.39, 0.29) is 23.1 Å². The van der Waals surface area contributed by atoms with Gasteiger partial charge < -0.3 is 14.6 Å². The highest BCUT2D eigenvalue weighted by Gasteiger charge is 2.20. The van der Waals surface area contributed by atoms with Gasteiger partial charge >= 0.3 is 5.97 Å².